The normalized spacial score (nSPS) is 14.5. The number of carbonyl (C=O) groups excluding carboxylic acids is 8. The number of guanidine groups is 2. The van der Waals surface area contributed by atoms with E-state index in [9.17, 15) is 38.4 Å². The van der Waals surface area contributed by atoms with Crippen LogP contribution in [-0.2, 0) is 46.4 Å². The summed E-state index contributed by atoms with van der Waals surface area (Å²) in [6.07, 6.45) is 2.36. The van der Waals surface area contributed by atoms with Gasteiger partial charge in [-0.3, -0.25) is 48.3 Å². The Kier molecular flexibility index (Phi) is 22.5. The van der Waals surface area contributed by atoms with Gasteiger partial charge in [0.2, 0.25) is 41.4 Å². The molecule has 406 valence electrons. The maximum atomic E-state index is 14.0. The molecule has 1 saturated heterocycles. The molecule has 0 unspecified atom stereocenters. The van der Waals surface area contributed by atoms with Crippen LogP contribution in [0, 0.1) is 5.92 Å². The summed E-state index contributed by atoms with van der Waals surface area (Å²) in [5.41, 5.74) is 24.3. The first-order valence-corrected chi connectivity index (χ1v) is 25.5. The van der Waals surface area contributed by atoms with Crippen molar-refractivity contribution >= 4 is 75.6 Å². The number of likely N-dealkylation sites (tertiary alicyclic amines) is 1. The van der Waals surface area contributed by atoms with Gasteiger partial charge in [-0.2, -0.15) is 0 Å². The van der Waals surface area contributed by atoms with Crippen molar-refractivity contribution in [3.8, 4) is 0 Å². The second-order valence-electron chi connectivity index (χ2n) is 18.9. The number of carbonyl (C=O) groups is 8. The number of rotatable bonds is 27. The van der Waals surface area contributed by atoms with E-state index < -0.39 is 71.6 Å². The second-order valence-corrected chi connectivity index (χ2v) is 18.9. The van der Waals surface area contributed by atoms with E-state index in [2.05, 4.69) is 47.2 Å². The SMILES string of the molecule is CC(=O)NCC(=O)N[C@@H](CCCN=C(N)N)C(=O)N1CCC[C@H]1C(=O)N[C@@H](CCCN=C(N)N)C(=O)Nc1ccc(C(=O)N[C@H](C(=O)N[C@@H](Cc2ccccc2)C(=O)NCCc2cccc3ccccc23)C(C)C)cc1. The third-order valence-electron chi connectivity index (χ3n) is 12.6. The Balaban J connectivity index is 1.23. The van der Waals surface area contributed by atoms with Crippen LogP contribution in [0.15, 0.2) is 107 Å². The summed E-state index contributed by atoms with van der Waals surface area (Å²) in [5.74, 6) is -4.93. The van der Waals surface area contributed by atoms with Crippen LogP contribution in [0.4, 0.5) is 5.69 Å². The number of nitrogens with two attached hydrogens (primary N) is 4. The average Bonchev–Trinajstić information content (AvgIpc) is 3.89. The lowest BCUT2D eigenvalue weighted by molar-refractivity contribution is -0.142. The van der Waals surface area contributed by atoms with Crippen LogP contribution in [0.25, 0.3) is 10.8 Å². The molecule has 8 amide bonds. The minimum atomic E-state index is -1.13. The van der Waals surface area contributed by atoms with Crippen molar-refractivity contribution in [2.24, 2.45) is 38.8 Å². The Labute approximate surface area is 442 Å². The number of aliphatic imine (C=N–C) groups is 2. The lowest BCUT2D eigenvalue weighted by Gasteiger charge is -2.30. The number of anilines is 1. The van der Waals surface area contributed by atoms with Gasteiger partial charge >= 0.3 is 0 Å². The van der Waals surface area contributed by atoms with Crippen molar-refractivity contribution in [2.75, 3.05) is 38.0 Å². The highest BCUT2D eigenvalue weighted by Crippen LogP contribution is 2.22. The molecule has 1 heterocycles. The topological polar surface area (TPSA) is 353 Å². The van der Waals surface area contributed by atoms with Crippen molar-refractivity contribution in [3.63, 3.8) is 0 Å². The molecule has 76 heavy (non-hydrogen) atoms. The summed E-state index contributed by atoms with van der Waals surface area (Å²) in [5, 5.41) is 21.5. The van der Waals surface area contributed by atoms with E-state index in [4.69, 9.17) is 22.9 Å². The van der Waals surface area contributed by atoms with E-state index >= 15 is 0 Å². The molecular formula is C54H72N14O8. The third kappa shape index (κ3) is 18.4. The average molecular weight is 1050 g/mol. The Bertz CT molecular complexity index is 2700. The molecule has 5 rings (SSSR count). The van der Waals surface area contributed by atoms with E-state index in [-0.39, 0.29) is 93.3 Å². The number of hydrogen-bond donors (Lipinski definition) is 11. The second kappa shape index (κ2) is 29.4. The van der Waals surface area contributed by atoms with Crippen LogP contribution in [0.1, 0.15) is 80.8 Å². The zero-order valence-electron chi connectivity index (χ0n) is 43.3. The molecule has 4 aromatic carbocycles. The summed E-state index contributed by atoms with van der Waals surface area (Å²) < 4.78 is 0. The summed E-state index contributed by atoms with van der Waals surface area (Å²) in [6, 6.07) is 24.2. The predicted molar refractivity (Wildman–Crippen MR) is 291 cm³/mol. The summed E-state index contributed by atoms with van der Waals surface area (Å²) in [6.45, 7) is 5.31. The van der Waals surface area contributed by atoms with Crippen molar-refractivity contribution < 1.29 is 38.4 Å². The van der Waals surface area contributed by atoms with Crippen LogP contribution in [-0.4, -0.2) is 127 Å². The lowest BCUT2D eigenvalue weighted by Crippen LogP contribution is -2.56. The number of nitrogens with one attached hydrogen (secondary N) is 7. The third-order valence-corrected chi connectivity index (χ3v) is 12.6. The van der Waals surface area contributed by atoms with Crippen LogP contribution < -0.4 is 60.2 Å². The van der Waals surface area contributed by atoms with Gasteiger partial charge in [-0.15, -0.1) is 0 Å². The first kappa shape index (κ1) is 58.3. The quantitative estimate of drug-likeness (QED) is 0.0225. The molecule has 22 nitrogen and oxygen atoms in total. The Morgan fingerprint density at radius 1 is 0.671 bits per heavy atom. The molecule has 0 bridgehead atoms. The molecule has 4 aromatic rings. The van der Waals surface area contributed by atoms with E-state index in [1.165, 1.54) is 36.1 Å². The molecule has 15 N–H and O–H groups in total. The first-order valence-electron chi connectivity index (χ1n) is 25.5. The Morgan fingerprint density at radius 3 is 1.97 bits per heavy atom. The number of amides is 8. The Hall–Kier alpha value is -8.56. The molecule has 1 aliphatic rings. The molecule has 1 aliphatic heterocycles. The zero-order chi connectivity index (χ0) is 55.1. The fourth-order valence-electron chi connectivity index (χ4n) is 8.72. The minimum absolute atomic E-state index is 0.0970. The standard InChI is InChI=1S/C54H72N14O8/c1-33(2)46(51(75)66-43(31-35-13-5-4-6-14-35)48(72)59-29-26-37-17-9-16-36-15-7-8-18-40(36)37)67-47(71)38-22-24-39(25-23-38)63-49(73)41(19-10-27-60-53(55)56)65-50(74)44-21-12-30-68(44)52(76)42(20-11-28-61-54(57)58)64-45(70)32-62-34(3)69/h4-9,13-18,22-25,33,41-44,46H,10-12,19-21,26-32H2,1-3H3,(H,59,72)(H,62,69)(H,63,73)(H,64,70)(H,65,74)(H,66,75)(H,67,71)(H4,55,56,60)(H4,57,58,61)/t41-,42-,43-,44-,46-/m0/s1. The predicted octanol–water partition coefficient (Wildman–Crippen LogP) is 0.823. The molecule has 0 saturated carbocycles. The van der Waals surface area contributed by atoms with Crippen LogP contribution in [0.3, 0.4) is 0 Å². The highest BCUT2D eigenvalue weighted by atomic mass is 16.2. The molecule has 0 spiro atoms. The van der Waals surface area contributed by atoms with E-state index in [0.717, 1.165) is 21.9 Å². The van der Waals surface area contributed by atoms with Gasteiger partial charge in [0.05, 0.1) is 6.54 Å². The van der Waals surface area contributed by atoms with Crippen molar-refractivity contribution in [1.29, 1.82) is 0 Å². The Morgan fingerprint density at radius 2 is 1.32 bits per heavy atom. The molecule has 5 atom stereocenters. The number of nitrogens with zero attached hydrogens (tertiary/aromatic N) is 3. The highest BCUT2D eigenvalue weighted by Gasteiger charge is 2.39. The van der Waals surface area contributed by atoms with Crippen molar-refractivity contribution in [3.05, 3.63) is 114 Å². The van der Waals surface area contributed by atoms with E-state index in [1.807, 2.05) is 72.8 Å². The molecule has 0 aromatic heterocycles. The lowest BCUT2D eigenvalue weighted by atomic mass is 10.00. The van der Waals surface area contributed by atoms with Gasteiger partial charge in [-0.1, -0.05) is 86.6 Å². The van der Waals surface area contributed by atoms with Gasteiger partial charge in [0.15, 0.2) is 11.9 Å². The molecular weight excluding hydrogens is 973 g/mol. The molecule has 0 radical (unpaired) electrons. The van der Waals surface area contributed by atoms with Crippen LogP contribution in [0.5, 0.6) is 0 Å². The smallest absolute Gasteiger partial charge is 0.251 e. The molecule has 22 heteroatoms. The zero-order valence-corrected chi connectivity index (χ0v) is 43.3. The summed E-state index contributed by atoms with van der Waals surface area (Å²) in [7, 11) is 0. The summed E-state index contributed by atoms with van der Waals surface area (Å²) in [4.78, 5) is 117. The van der Waals surface area contributed by atoms with E-state index in [0.29, 0.717) is 25.8 Å². The van der Waals surface area contributed by atoms with Crippen molar-refractivity contribution in [1.82, 2.24) is 36.8 Å². The maximum Gasteiger partial charge on any atom is 0.251 e. The van der Waals surface area contributed by atoms with Crippen LogP contribution >= 0.6 is 0 Å². The first-order chi connectivity index (χ1) is 36.4. The van der Waals surface area contributed by atoms with Gasteiger partial charge < -0.3 is 65.1 Å². The largest absolute Gasteiger partial charge is 0.370 e. The fourth-order valence-corrected chi connectivity index (χ4v) is 8.72. The van der Waals surface area contributed by atoms with Gasteiger partial charge in [0.1, 0.15) is 30.2 Å². The van der Waals surface area contributed by atoms with Gasteiger partial charge in [0, 0.05) is 50.8 Å². The van der Waals surface area contributed by atoms with Crippen molar-refractivity contribution in [2.45, 2.75) is 102 Å². The molecule has 0 aliphatic carbocycles. The fraction of sp³-hybridized carbons (Fsp3) is 0.407. The van der Waals surface area contributed by atoms with Gasteiger partial charge in [0.25, 0.3) is 5.91 Å². The number of fused-ring (bicyclic) bond motifs is 1. The monoisotopic (exact) mass is 1040 g/mol. The van der Waals surface area contributed by atoms with Gasteiger partial charge in [-0.05, 0) is 97.0 Å². The van der Waals surface area contributed by atoms with E-state index in [1.54, 1.807) is 13.8 Å². The highest BCUT2D eigenvalue weighted by molar-refractivity contribution is 6.01. The van der Waals surface area contributed by atoms with Crippen LogP contribution in [0.2, 0.25) is 0 Å². The number of benzene rings is 4. The minimum Gasteiger partial charge on any atom is -0.370 e. The summed E-state index contributed by atoms with van der Waals surface area (Å²) >= 11 is 0. The molecule has 1 fully saturated rings. The maximum absolute atomic E-state index is 14.0. The number of hydrogen-bond acceptors (Lipinski definition) is 10. The van der Waals surface area contributed by atoms with Gasteiger partial charge in [-0.25, -0.2) is 0 Å².